The lowest BCUT2D eigenvalue weighted by molar-refractivity contribution is -0.122. The van der Waals surface area contributed by atoms with Crippen LogP contribution in [0.3, 0.4) is 0 Å². The first-order valence-corrected chi connectivity index (χ1v) is 6.40. The number of hydrogen-bond donors (Lipinski definition) is 3. The van der Waals surface area contributed by atoms with Crippen LogP contribution in [-0.2, 0) is 4.79 Å². The maximum absolute atomic E-state index is 12.0. The zero-order chi connectivity index (χ0) is 14.4. The van der Waals surface area contributed by atoms with Gasteiger partial charge in [-0.15, -0.1) is 0 Å². The van der Waals surface area contributed by atoms with E-state index in [-0.39, 0.29) is 11.8 Å². The van der Waals surface area contributed by atoms with Crippen LogP contribution in [0, 0.1) is 6.92 Å². The Labute approximate surface area is 113 Å². The minimum Gasteiger partial charge on any atom is -0.398 e. The Morgan fingerprint density at radius 1 is 1.37 bits per heavy atom. The average molecular weight is 263 g/mol. The van der Waals surface area contributed by atoms with Gasteiger partial charge < -0.3 is 16.4 Å². The van der Waals surface area contributed by atoms with Crippen LogP contribution in [0.5, 0.6) is 0 Å². The Kier molecular flexibility index (Phi) is 5.36. The second kappa shape index (κ2) is 6.78. The largest absolute Gasteiger partial charge is 0.398 e. The summed E-state index contributed by atoms with van der Waals surface area (Å²) in [6, 6.07) is 4.52. The summed E-state index contributed by atoms with van der Waals surface area (Å²) in [7, 11) is 0. The summed E-state index contributed by atoms with van der Waals surface area (Å²) in [4.78, 5) is 23.6. The van der Waals surface area contributed by atoms with Crippen molar-refractivity contribution in [2.24, 2.45) is 0 Å². The molecule has 1 aromatic rings. The highest BCUT2D eigenvalue weighted by Gasteiger charge is 2.16. The fourth-order valence-electron chi connectivity index (χ4n) is 1.53. The van der Waals surface area contributed by atoms with E-state index in [4.69, 9.17) is 5.73 Å². The van der Waals surface area contributed by atoms with Crippen molar-refractivity contribution in [2.45, 2.75) is 33.2 Å². The molecule has 0 aliphatic rings. The van der Waals surface area contributed by atoms with Gasteiger partial charge in [-0.25, -0.2) is 0 Å². The summed E-state index contributed by atoms with van der Waals surface area (Å²) in [6.07, 6.45) is 0.862. The SMILES string of the molecule is CCCNC(=O)C(C)NC(=O)c1ccc(C)c(N)c1. The summed E-state index contributed by atoms with van der Waals surface area (Å²) in [5, 5.41) is 5.38. The van der Waals surface area contributed by atoms with Crippen LogP contribution in [0.1, 0.15) is 36.2 Å². The molecule has 0 aromatic heterocycles. The van der Waals surface area contributed by atoms with Crippen molar-refractivity contribution in [3.05, 3.63) is 29.3 Å². The van der Waals surface area contributed by atoms with Crippen LogP contribution < -0.4 is 16.4 Å². The third kappa shape index (κ3) is 4.28. The lowest BCUT2D eigenvalue weighted by Crippen LogP contribution is -2.45. The second-order valence-corrected chi connectivity index (χ2v) is 4.56. The molecule has 0 spiro atoms. The van der Waals surface area contributed by atoms with E-state index in [9.17, 15) is 9.59 Å². The molecule has 1 rings (SSSR count). The van der Waals surface area contributed by atoms with Gasteiger partial charge in [-0.1, -0.05) is 13.0 Å². The lowest BCUT2D eigenvalue weighted by atomic mass is 10.1. The van der Waals surface area contributed by atoms with Gasteiger partial charge in [0, 0.05) is 17.8 Å². The third-order valence-electron chi connectivity index (χ3n) is 2.83. The van der Waals surface area contributed by atoms with Crippen molar-refractivity contribution in [2.75, 3.05) is 12.3 Å². The minimum atomic E-state index is -0.568. The Balaban J connectivity index is 2.63. The smallest absolute Gasteiger partial charge is 0.251 e. The molecular weight excluding hydrogens is 242 g/mol. The molecule has 1 atom stereocenters. The van der Waals surface area contributed by atoms with E-state index >= 15 is 0 Å². The monoisotopic (exact) mass is 263 g/mol. The van der Waals surface area contributed by atoms with Crippen LogP contribution in [0.25, 0.3) is 0 Å². The van der Waals surface area contributed by atoms with Crippen molar-refractivity contribution in [1.29, 1.82) is 0 Å². The first kappa shape index (κ1) is 15.0. The van der Waals surface area contributed by atoms with E-state index in [1.165, 1.54) is 0 Å². The summed E-state index contributed by atoms with van der Waals surface area (Å²) in [6.45, 7) is 6.10. The van der Waals surface area contributed by atoms with Crippen molar-refractivity contribution in [3.63, 3.8) is 0 Å². The molecule has 1 unspecified atom stereocenters. The van der Waals surface area contributed by atoms with Crippen molar-refractivity contribution in [3.8, 4) is 0 Å². The molecule has 5 heteroatoms. The molecule has 0 fully saturated rings. The highest BCUT2D eigenvalue weighted by atomic mass is 16.2. The molecule has 0 saturated carbocycles. The third-order valence-corrected chi connectivity index (χ3v) is 2.83. The second-order valence-electron chi connectivity index (χ2n) is 4.56. The Morgan fingerprint density at radius 3 is 2.63 bits per heavy atom. The number of nitrogens with two attached hydrogens (primary N) is 1. The number of nitrogens with one attached hydrogen (secondary N) is 2. The van der Waals surface area contributed by atoms with Gasteiger partial charge in [0.1, 0.15) is 6.04 Å². The molecule has 5 nitrogen and oxygen atoms in total. The van der Waals surface area contributed by atoms with Gasteiger partial charge in [-0.2, -0.15) is 0 Å². The molecular formula is C14H21N3O2. The van der Waals surface area contributed by atoms with Gasteiger partial charge in [-0.3, -0.25) is 9.59 Å². The summed E-state index contributed by atoms with van der Waals surface area (Å²) >= 11 is 0. The van der Waals surface area contributed by atoms with Crippen molar-refractivity contribution < 1.29 is 9.59 Å². The lowest BCUT2D eigenvalue weighted by Gasteiger charge is -2.14. The highest BCUT2D eigenvalue weighted by molar-refractivity contribution is 5.98. The molecule has 19 heavy (non-hydrogen) atoms. The van der Waals surface area contributed by atoms with E-state index in [0.717, 1.165) is 12.0 Å². The van der Waals surface area contributed by atoms with E-state index in [2.05, 4.69) is 10.6 Å². The molecule has 104 valence electrons. The normalized spacial score (nSPS) is 11.7. The van der Waals surface area contributed by atoms with Crippen LogP contribution in [0.15, 0.2) is 18.2 Å². The Hall–Kier alpha value is -2.04. The van der Waals surface area contributed by atoms with Gasteiger partial charge in [0.25, 0.3) is 5.91 Å². The molecule has 0 aliphatic carbocycles. The van der Waals surface area contributed by atoms with Gasteiger partial charge in [-0.05, 0) is 38.0 Å². The highest BCUT2D eigenvalue weighted by Crippen LogP contribution is 2.12. The van der Waals surface area contributed by atoms with Gasteiger partial charge >= 0.3 is 0 Å². The van der Waals surface area contributed by atoms with Crippen LogP contribution in [-0.4, -0.2) is 24.4 Å². The van der Waals surface area contributed by atoms with Gasteiger partial charge in [0.05, 0.1) is 0 Å². The number of carbonyl (C=O) groups is 2. The predicted octanol–water partition coefficient (Wildman–Crippen LogP) is 1.22. The molecule has 0 heterocycles. The number of nitrogen functional groups attached to an aromatic ring is 1. The topological polar surface area (TPSA) is 84.2 Å². The number of hydrogen-bond acceptors (Lipinski definition) is 3. The van der Waals surface area contributed by atoms with E-state index in [0.29, 0.717) is 17.8 Å². The standard InChI is InChI=1S/C14H21N3O2/c1-4-7-16-13(18)10(3)17-14(19)11-6-5-9(2)12(15)8-11/h5-6,8,10H,4,7,15H2,1-3H3,(H,16,18)(H,17,19). The first-order chi connectivity index (χ1) is 8.95. The van der Waals surface area contributed by atoms with Crippen molar-refractivity contribution in [1.82, 2.24) is 10.6 Å². The number of anilines is 1. The fourth-order valence-corrected chi connectivity index (χ4v) is 1.53. The van der Waals surface area contributed by atoms with Crippen molar-refractivity contribution >= 4 is 17.5 Å². The Morgan fingerprint density at radius 2 is 2.05 bits per heavy atom. The fraction of sp³-hybridized carbons (Fsp3) is 0.429. The molecule has 1 aromatic carbocycles. The predicted molar refractivity (Wildman–Crippen MR) is 75.8 cm³/mol. The Bertz CT molecular complexity index is 472. The summed E-state index contributed by atoms with van der Waals surface area (Å²) in [5.74, 6) is -0.485. The zero-order valence-electron chi connectivity index (χ0n) is 11.6. The maximum atomic E-state index is 12.0. The maximum Gasteiger partial charge on any atom is 0.251 e. The number of amides is 2. The van der Waals surface area contributed by atoms with E-state index in [1.807, 2.05) is 13.8 Å². The first-order valence-electron chi connectivity index (χ1n) is 6.40. The molecule has 0 radical (unpaired) electrons. The van der Waals surface area contributed by atoms with Crippen LogP contribution >= 0.6 is 0 Å². The zero-order valence-corrected chi connectivity index (χ0v) is 11.6. The quantitative estimate of drug-likeness (QED) is 0.698. The number of benzene rings is 1. The van der Waals surface area contributed by atoms with Crippen LogP contribution in [0.4, 0.5) is 5.69 Å². The molecule has 0 aliphatic heterocycles. The van der Waals surface area contributed by atoms with Gasteiger partial charge in [0.15, 0.2) is 0 Å². The van der Waals surface area contributed by atoms with E-state index < -0.39 is 6.04 Å². The summed E-state index contributed by atoms with van der Waals surface area (Å²) in [5.41, 5.74) is 7.70. The minimum absolute atomic E-state index is 0.185. The molecule has 0 saturated heterocycles. The molecule has 2 amide bonds. The van der Waals surface area contributed by atoms with Crippen LogP contribution in [0.2, 0.25) is 0 Å². The molecule has 4 N–H and O–H groups in total. The van der Waals surface area contributed by atoms with E-state index in [1.54, 1.807) is 25.1 Å². The number of rotatable bonds is 5. The average Bonchev–Trinajstić information content (AvgIpc) is 2.38. The molecule has 0 bridgehead atoms. The van der Waals surface area contributed by atoms with Gasteiger partial charge in [0.2, 0.25) is 5.91 Å². The summed E-state index contributed by atoms with van der Waals surface area (Å²) < 4.78 is 0. The number of carbonyl (C=O) groups excluding carboxylic acids is 2. The number of aryl methyl sites for hydroxylation is 1.